The van der Waals surface area contributed by atoms with Gasteiger partial charge in [0.2, 0.25) is 0 Å². The molecule has 1 atom stereocenters. The van der Waals surface area contributed by atoms with Gasteiger partial charge >= 0.3 is 0 Å². The number of likely N-dealkylation sites (N-methyl/N-ethyl adjacent to an activating group) is 1. The van der Waals surface area contributed by atoms with Crippen molar-refractivity contribution in [3.05, 3.63) is 70.2 Å². The minimum Gasteiger partial charge on any atom is -0.350 e. The van der Waals surface area contributed by atoms with Crippen molar-refractivity contribution in [3.8, 4) is 0 Å². The topological polar surface area (TPSA) is 32.3 Å². The highest BCUT2D eigenvalue weighted by Gasteiger charge is 2.15. The van der Waals surface area contributed by atoms with Crippen LogP contribution in [0.25, 0.3) is 0 Å². The molecule has 0 aliphatic carbocycles. The third-order valence-corrected chi connectivity index (χ3v) is 4.35. The quantitative estimate of drug-likeness (QED) is 0.856. The van der Waals surface area contributed by atoms with E-state index in [1.165, 1.54) is 5.56 Å². The van der Waals surface area contributed by atoms with Gasteiger partial charge in [-0.05, 0) is 54.1 Å². The van der Waals surface area contributed by atoms with E-state index in [9.17, 15) is 4.79 Å². The average Bonchev–Trinajstić information content (AvgIpc) is 2.52. The van der Waals surface area contributed by atoms with E-state index in [1.54, 1.807) is 0 Å². The van der Waals surface area contributed by atoms with Crippen LogP contribution >= 0.6 is 15.9 Å². The molecule has 0 fully saturated rings. The Balaban J connectivity index is 1.97. The van der Waals surface area contributed by atoms with Gasteiger partial charge in [-0.25, -0.2) is 0 Å². The molecule has 3 nitrogen and oxygen atoms in total. The molecule has 0 aromatic heterocycles. The molecular weight excluding hydrogens is 340 g/mol. The molecule has 0 aliphatic rings. The molecule has 0 aliphatic heterocycles. The third kappa shape index (κ3) is 4.68. The minimum absolute atomic E-state index is 0.0487. The smallest absolute Gasteiger partial charge is 0.252 e. The monoisotopic (exact) mass is 360 g/mol. The van der Waals surface area contributed by atoms with E-state index >= 15 is 0 Å². The summed E-state index contributed by atoms with van der Waals surface area (Å²) >= 11 is 3.42. The first-order valence-electron chi connectivity index (χ1n) is 7.31. The molecule has 1 amide bonds. The van der Waals surface area contributed by atoms with Crippen molar-refractivity contribution in [2.75, 3.05) is 20.6 Å². The standard InChI is InChI=1S/C18H21BrN2O/c1-21(2)15(12-14-8-4-3-5-9-14)13-20-18(22)16-10-6-7-11-17(16)19/h3-11,15H,12-13H2,1-2H3,(H,20,22)/t15-/m0/s1. The molecule has 2 rings (SSSR count). The summed E-state index contributed by atoms with van der Waals surface area (Å²) in [5.74, 6) is -0.0487. The van der Waals surface area contributed by atoms with Crippen molar-refractivity contribution >= 4 is 21.8 Å². The number of hydrogen-bond donors (Lipinski definition) is 1. The summed E-state index contributed by atoms with van der Waals surface area (Å²) < 4.78 is 0.817. The average molecular weight is 361 g/mol. The lowest BCUT2D eigenvalue weighted by molar-refractivity contribution is 0.0941. The van der Waals surface area contributed by atoms with E-state index in [2.05, 4.69) is 38.3 Å². The van der Waals surface area contributed by atoms with Crippen molar-refractivity contribution in [3.63, 3.8) is 0 Å². The van der Waals surface area contributed by atoms with Gasteiger partial charge in [0.05, 0.1) is 5.56 Å². The fourth-order valence-corrected chi connectivity index (χ4v) is 2.74. The Morgan fingerprint density at radius 3 is 2.36 bits per heavy atom. The molecule has 0 heterocycles. The van der Waals surface area contributed by atoms with Crippen LogP contribution in [-0.4, -0.2) is 37.5 Å². The van der Waals surface area contributed by atoms with Crippen molar-refractivity contribution in [1.29, 1.82) is 0 Å². The highest BCUT2D eigenvalue weighted by molar-refractivity contribution is 9.10. The van der Waals surface area contributed by atoms with Crippen LogP contribution in [0.4, 0.5) is 0 Å². The fourth-order valence-electron chi connectivity index (χ4n) is 2.27. The Morgan fingerprint density at radius 1 is 1.09 bits per heavy atom. The summed E-state index contributed by atoms with van der Waals surface area (Å²) in [4.78, 5) is 14.4. The van der Waals surface area contributed by atoms with Crippen LogP contribution in [0, 0.1) is 0 Å². The van der Waals surface area contributed by atoms with Crippen LogP contribution < -0.4 is 5.32 Å². The zero-order chi connectivity index (χ0) is 15.9. The summed E-state index contributed by atoms with van der Waals surface area (Å²) in [6.07, 6.45) is 0.907. The van der Waals surface area contributed by atoms with E-state index < -0.39 is 0 Å². The van der Waals surface area contributed by atoms with E-state index in [-0.39, 0.29) is 11.9 Å². The molecule has 0 saturated heterocycles. The van der Waals surface area contributed by atoms with Gasteiger partial charge in [-0.1, -0.05) is 42.5 Å². The van der Waals surface area contributed by atoms with E-state index in [0.29, 0.717) is 12.1 Å². The maximum atomic E-state index is 12.3. The number of hydrogen-bond acceptors (Lipinski definition) is 2. The summed E-state index contributed by atoms with van der Waals surface area (Å²) in [6, 6.07) is 18.1. The van der Waals surface area contributed by atoms with Crippen molar-refractivity contribution in [2.45, 2.75) is 12.5 Å². The molecular formula is C18H21BrN2O. The molecule has 4 heteroatoms. The Labute approximate surface area is 140 Å². The summed E-state index contributed by atoms with van der Waals surface area (Å²) in [5.41, 5.74) is 1.94. The number of nitrogens with zero attached hydrogens (tertiary/aromatic N) is 1. The predicted octanol–water partition coefficient (Wildman–Crippen LogP) is 3.35. The van der Waals surface area contributed by atoms with Crippen LogP contribution in [0.1, 0.15) is 15.9 Å². The normalized spacial score (nSPS) is 12.2. The van der Waals surface area contributed by atoms with Gasteiger partial charge in [-0.15, -0.1) is 0 Å². The maximum absolute atomic E-state index is 12.3. The number of benzene rings is 2. The number of carbonyl (C=O) groups excluding carboxylic acids is 1. The molecule has 1 N–H and O–H groups in total. The highest BCUT2D eigenvalue weighted by Crippen LogP contribution is 2.15. The second-order valence-corrected chi connectivity index (χ2v) is 6.35. The second kappa shape index (κ2) is 8.11. The number of amides is 1. The molecule has 0 unspecified atom stereocenters. The Hall–Kier alpha value is -1.65. The SMILES string of the molecule is CN(C)[C@H](CNC(=O)c1ccccc1Br)Cc1ccccc1. The molecule has 2 aromatic rings. The lowest BCUT2D eigenvalue weighted by Crippen LogP contribution is -2.41. The number of nitrogens with one attached hydrogen (secondary N) is 1. The lowest BCUT2D eigenvalue weighted by atomic mass is 10.1. The lowest BCUT2D eigenvalue weighted by Gasteiger charge is -2.25. The first-order chi connectivity index (χ1) is 10.6. The molecule has 0 spiro atoms. The molecule has 2 aromatic carbocycles. The van der Waals surface area contributed by atoms with Crippen LogP contribution in [0.5, 0.6) is 0 Å². The second-order valence-electron chi connectivity index (χ2n) is 5.50. The maximum Gasteiger partial charge on any atom is 0.252 e. The molecule has 0 saturated carbocycles. The summed E-state index contributed by atoms with van der Waals surface area (Å²) in [7, 11) is 4.08. The van der Waals surface area contributed by atoms with Crippen LogP contribution in [-0.2, 0) is 6.42 Å². The first kappa shape index (κ1) is 16.7. The number of rotatable bonds is 6. The van der Waals surface area contributed by atoms with Gasteiger partial charge in [0, 0.05) is 17.1 Å². The highest BCUT2D eigenvalue weighted by atomic mass is 79.9. The van der Waals surface area contributed by atoms with E-state index in [4.69, 9.17) is 0 Å². The van der Waals surface area contributed by atoms with Gasteiger partial charge in [-0.2, -0.15) is 0 Å². The Morgan fingerprint density at radius 2 is 1.73 bits per heavy atom. The van der Waals surface area contributed by atoms with Crippen LogP contribution in [0.15, 0.2) is 59.1 Å². The summed E-state index contributed by atoms with van der Waals surface area (Å²) in [5, 5.41) is 3.03. The van der Waals surface area contributed by atoms with Crippen molar-refractivity contribution in [2.24, 2.45) is 0 Å². The fraction of sp³-hybridized carbons (Fsp3) is 0.278. The molecule has 0 bridgehead atoms. The van der Waals surface area contributed by atoms with E-state index in [1.807, 2.05) is 56.6 Å². The molecule has 116 valence electrons. The number of halogens is 1. The van der Waals surface area contributed by atoms with Gasteiger partial charge < -0.3 is 10.2 Å². The Kier molecular flexibility index (Phi) is 6.16. The first-order valence-corrected chi connectivity index (χ1v) is 8.10. The zero-order valence-electron chi connectivity index (χ0n) is 12.9. The van der Waals surface area contributed by atoms with Crippen molar-refractivity contribution < 1.29 is 4.79 Å². The van der Waals surface area contributed by atoms with Crippen molar-refractivity contribution in [1.82, 2.24) is 10.2 Å². The Bertz CT molecular complexity index is 613. The minimum atomic E-state index is -0.0487. The summed E-state index contributed by atoms with van der Waals surface area (Å²) in [6.45, 7) is 0.613. The van der Waals surface area contributed by atoms with Crippen LogP contribution in [0.3, 0.4) is 0 Å². The number of carbonyl (C=O) groups is 1. The predicted molar refractivity (Wildman–Crippen MR) is 94.1 cm³/mol. The van der Waals surface area contributed by atoms with Gasteiger partial charge in [0.1, 0.15) is 0 Å². The zero-order valence-corrected chi connectivity index (χ0v) is 14.5. The molecule has 22 heavy (non-hydrogen) atoms. The van der Waals surface area contributed by atoms with Gasteiger partial charge in [-0.3, -0.25) is 4.79 Å². The third-order valence-electron chi connectivity index (χ3n) is 3.66. The van der Waals surface area contributed by atoms with Crippen LogP contribution in [0.2, 0.25) is 0 Å². The molecule has 0 radical (unpaired) electrons. The van der Waals surface area contributed by atoms with Gasteiger partial charge in [0.25, 0.3) is 5.91 Å². The van der Waals surface area contributed by atoms with E-state index in [0.717, 1.165) is 10.9 Å². The largest absolute Gasteiger partial charge is 0.350 e. The van der Waals surface area contributed by atoms with Gasteiger partial charge in [0.15, 0.2) is 0 Å².